The van der Waals surface area contributed by atoms with Gasteiger partial charge in [0, 0.05) is 18.2 Å². The van der Waals surface area contributed by atoms with Gasteiger partial charge in [0.05, 0.1) is 9.40 Å². The van der Waals surface area contributed by atoms with Crippen molar-refractivity contribution < 1.29 is 14.1 Å². The number of halogens is 2. The minimum absolute atomic E-state index is 0.0212. The van der Waals surface area contributed by atoms with Gasteiger partial charge in [-0.15, -0.1) is 0 Å². The summed E-state index contributed by atoms with van der Waals surface area (Å²) >= 11 is 2.87. The topological polar surface area (TPSA) is 91.3 Å². The molecule has 0 aliphatic rings. The molecule has 2 N–H and O–H groups in total. The highest BCUT2D eigenvalue weighted by Crippen LogP contribution is 2.35. The molecule has 0 radical (unpaired) electrons. The number of nitrogen functional groups attached to an aromatic ring is 1. The van der Waals surface area contributed by atoms with Gasteiger partial charge in [-0.05, 0) is 22.0 Å². The molecule has 19 heavy (non-hydrogen) atoms. The first-order valence-corrected chi connectivity index (χ1v) is 5.80. The molecule has 0 aliphatic heterocycles. The Hall–Kier alpha value is -2.22. The number of ether oxygens (including phenoxy) is 1. The Bertz CT molecular complexity index is 651. The van der Waals surface area contributed by atoms with E-state index in [1.807, 2.05) is 0 Å². The van der Waals surface area contributed by atoms with E-state index < -0.39 is 10.7 Å². The van der Waals surface area contributed by atoms with Crippen LogP contribution in [0.5, 0.6) is 11.6 Å². The second kappa shape index (κ2) is 5.19. The maximum atomic E-state index is 13.4. The van der Waals surface area contributed by atoms with Crippen molar-refractivity contribution in [3.8, 4) is 11.6 Å². The summed E-state index contributed by atoms with van der Waals surface area (Å²) in [6.45, 7) is 0. The number of hydrogen-bond acceptors (Lipinski definition) is 5. The van der Waals surface area contributed by atoms with Gasteiger partial charge in [-0.1, -0.05) is 6.07 Å². The van der Waals surface area contributed by atoms with E-state index in [-0.39, 0.29) is 27.6 Å². The van der Waals surface area contributed by atoms with E-state index in [4.69, 9.17) is 10.5 Å². The summed E-state index contributed by atoms with van der Waals surface area (Å²) in [4.78, 5) is 14.0. The van der Waals surface area contributed by atoms with Crippen molar-refractivity contribution in [2.24, 2.45) is 0 Å². The zero-order valence-electron chi connectivity index (χ0n) is 9.34. The lowest BCUT2D eigenvalue weighted by atomic mass is 10.3. The van der Waals surface area contributed by atoms with Crippen molar-refractivity contribution >= 4 is 27.4 Å². The van der Waals surface area contributed by atoms with Crippen LogP contribution >= 0.6 is 15.9 Å². The zero-order valence-corrected chi connectivity index (χ0v) is 10.9. The molecule has 2 rings (SSSR count). The predicted octanol–water partition coefficient (Wildman–Crippen LogP) is 3.27. The molecule has 1 heterocycles. The minimum atomic E-state index is -0.676. The highest BCUT2D eigenvalue weighted by molar-refractivity contribution is 9.10. The number of nitrogens with two attached hydrogens (primary N) is 1. The first kappa shape index (κ1) is 13.2. The molecular weight excluding hydrogens is 321 g/mol. The van der Waals surface area contributed by atoms with E-state index in [0.29, 0.717) is 0 Å². The van der Waals surface area contributed by atoms with Crippen LogP contribution in [-0.4, -0.2) is 9.91 Å². The second-order valence-electron chi connectivity index (χ2n) is 3.49. The number of pyridine rings is 1. The summed E-state index contributed by atoms with van der Waals surface area (Å²) in [5.74, 6) is -0.684. The fourth-order valence-corrected chi connectivity index (χ4v) is 1.67. The number of nitro groups is 1. The Morgan fingerprint density at radius 2 is 2.16 bits per heavy atom. The molecule has 0 unspecified atom stereocenters. The standard InChI is InChI=1S/C11H7BrFN3O3/c12-6-4-8(16(17)18)9(5-7(6)13)19-11-3-1-2-10(14)15-11/h1-5H,(H2,14,15). The zero-order chi connectivity index (χ0) is 14.0. The summed E-state index contributed by atoms with van der Waals surface area (Å²) in [5, 5.41) is 10.9. The number of aromatic nitrogens is 1. The quantitative estimate of drug-likeness (QED) is 0.690. The third-order valence-electron chi connectivity index (χ3n) is 2.16. The van der Waals surface area contributed by atoms with Crippen LogP contribution in [0, 0.1) is 15.9 Å². The smallest absolute Gasteiger partial charge is 0.312 e. The lowest BCUT2D eigenvalue weighted by Crippen LogP contribution is -1.97. The number of anilines is 1. The van der Waals surface area contributed by atoms with E-state index in [2.05, 4.69) is 20.9 Å². The maximum Gasteiger partial charge on any atom is 0.312 e. The number of nitrogens with zero attached hydrogens (tertiary/aromatic N) is 2. The van der Waals surface area contributed by atoms with Crippen LogP contribution in [0.15, 0.2) is 34.8 Å². The molecule has 0 aliphatic carbocycles. The number of benzene rings is 1. The highest BCUT2D eigenvalue weighted by atomic mass is 79.9. The van der Waals surface area contributed by atoms with Gasteiger partial charge >= 0.3 is 5.69 Å². The van der Waals surface area contributed by atoms with Crippen molar-refractivity contribution in [1.29, 1.82) is 0 Å². The first-order chi connectivity index (χ1) is 8.97. The van der Waals surface area contributed by atoms with E-state index in [1.165, 1.54) is 12.1 Å². The average Bonchev–Trinajstić information content (AvgIpc) is 2.33. The molecule has 0 fully saturated rings. The molecule has 0 atom stereocenters. The van der Waals surface area contributed by atoms with Crippen LogP contribution in [0.2, 0.25) is 0 Å². The third-order valence-corrected chi connectivity index (χ3v) is 2.77. The fourth-order valence-electron chi connectivity index (χ4n) is 1.34. The molecule has 8 heteroatoms. The van der Waals surface area contributed by atoms with Gasteiger partial charge in [0.2, 0.25) is 11.6 Å². The highest BCUT2D eigenvalue weighted by Gasteiger charge is 2.20. The van der Waals surface area contributed by atoms with Gasteiger partial charge in [-0.2, -0.15) is 4.98 Å². The SMILES string of the molecule is Nc1cccc(Oc2cc(F)c(Br)cc2[N+](=O)[O-])n1. The van der Waals surface area contributed by atoms with Gasteiger partial charge in [0.15, 0.2) is 0 Å². The molecule has 1 aromatic carbocycles. The summed E-state index contributed by atoms with van der Waals surface area (Å²) in [6.07, 6.45) is 0. The molecule has 0 amide bonds. The van der Waals surface area contributed by atoms with Crippen LogP contribution in [0.1, 0.15) is 0 Å². The lowest BCUT2D eigenvalue weighted by Gasteiger charge is -2.06. The monoisotopic (exact) mass is 327 g/mol. The van der Waals surface area contributed by atoms with E-state index in [0.717, 1.165) is 12.1 Å². The van der Waals surface area contributed by atoms with E-state index in [1.54, 1.807) is 6.07 Å². The van der Waals surface area contributed by atoms with Crippen molar-refractivity contribution in [2.75, 3.05) is 5.73 Å². The summed E-state index contributed by atoms with van der Waals surface area (Å²) in [6, 6.07) is 6.49. The van der Waals surface area contributed by atoms with Gasteiger partial charge < -0.3 is 10.5 Å². The Morgan fingerprint density at radius 1 is 1.42 bits per heavy atom. The van der Waals surface area contributed by atoms with Crippen LogP contribution in [0.25, 0.3) is 0 Å². The second-order valence-corrected chi connectivity index (χ2v) is 4.35. The van der Waals surface area contributed by atoms with Gasteiger partial charge in [0.25, 0.3) is 0 Å². The minimum Gasteiger partial charge on any atom is -0.432 e. The third kappa shape index (κ3) is 2.97. The molecule has 0 saturated carbocycles. The van der Waals surface area contributed by atoms with Gasteiger partial charge in [-0.25, -0.2) is 4.39 Å². The molecular formula is C11H7BrFN3O3. The van der Waals surface area contributed by atoms with Crippen molar-refractivity contribution in [3.05, 3.63) is 50.7 Å². The van der Waals surface area contributed by atoms with Gasteiger partial charge in [-0.3, -0.25) is 10.1 Å². The van der Waals surface area contributed by atoms with Crippen LogP contribution in [0.4, 0.5) is 15.9 Å². The van der Waals surface area contributed by atoms with Crippen molar-refractivity contribution in [2.45, 2.75) is 0 Å². The van der Waals surface area contributed by atoms with Crippen LogP contribution in [0.3, 0.4) is 0 Å². The molecule has 6 nitrogen and oxygen atoms in total. The largest absolute Gasteiger partial charge is 0.432 e. The van der Waals surface area contributed by atoms with E-state index >= 15 is 0 Å². The first-order valence-electron chi connectivity index (χ1n) is 5.01. The molecule has 98 valence electrons. The predicted molar refractivity (Wildman–Crippen MR) is 69.5 cm³/mol. The Balaban J connectivity index is 2.44. The normalized spacial score (nSPS) is 10.2. The van der Waals surface area contributed by atoms with Crippen molar-refractivity contribution in [1.82, 2.24) is 4.98 Å². The molecule has 0 bridgehead atoms. The Morgan fingerprint density at radius 3 is 2.79 bits per heavy atom. The molecule has 2 aromatic rings. The summed E-state index contributed by atoms with van der Waals surface area (Å²) in [5.41, 5.74) is 5.08. The maximum absolute atomic E-state index is 13.4. The summed E-state index contributed by atoms with van der Waals surface area (Å²) < 4.78 is 18.6. The fraction of sp³-hybridized carbons (Fsp3) is 0. The Labute approximate surface area is 115 Å². The molecule has 0 saturated heterocycles. The number of nitro benzene ring substituents is 1. The lowest BCUT2D eigenvalue weighted by molar-refractivity contribution is -0.385. The average molecular weight is 328 g/mol. The number of rotatable bonds is 3. The van der Waals surface area contributed by atoms with Gasteiger partial charge in [0.1, 0.15) is 11.6 Å². The van der Waals surface area contributed by atoms with E-state index in [9.17, 15) is 14.5 Å². The molecule has 0 spiro atoms. The number of hydrogen-bond donors (Lipinski definition) is 1. The van der Waals surface area contributed by atoms with Crippen LogP contribution in [-0.2, 0) is 0 Å². The van der Waals surface area contributed by atoms with Crippen LogP contribution < -0.4 is 10.5 Å². The molecule has 1 aromatic heterocycles. The Kier molecular flexibility index (Phi) is 3.61. The summed E-state index contributed by atoms with van der Waals surface area (Å²) in [7, 11) is 0. The van der Waals surface area contributed by atoms with Crippen molar-refractivity contribution in [3.63, 3.8) is 0 Å².